The van der Waals surface area contributed by atoms with Crippen LogP contribution in [0.5, 0.6) is 5.75 Å². The van der Waals surface area contributed by atoms with E-state index >= 15 is 0 Å². The average Bonchev–Trinajstić information content (AvgIpc) is 2.42. The van der Waals surface area contributed by atoms with Gasteiger partial charge in [-0.05, 0) is 24.6 Å². The van der Waals surface area contributed by atoms with E-state index in [4.69, 9.17) is 10.00 Å². The first-order valence-corrected chi connectivity index (χ1v) is 6.14. The maximum atomic E-state index is 11.9. The minimum atomic E-state index is -0.269. The van der Waals surface area contributed by atoms with Gasteiger partial charge in [-0.1, -0.05) is 6.92 Å². The van der Waals surface area contributed by atoms with Crippen LogP contribution in [0.4, 0.5) is 5.69 Å². The topological polar surface area (TPSA) is 70.4 Å². The van der Waals surface area contributed by atoms with Crippen molar-refractivity contribution in [3.8, 4) is 11.8 Å². The molecule has 0 bridgehead atoms. The number of hydrogen-bond donors (Lipinski definition) is 0. The predicted molar refractivity (Wildman–Crippen MR) is 69.1 cm³/mol. The molecule has 2 rings (SSSR count). The Morgan fingerprint density at radius 2 is 2.32 bits per heavy atom. The van der Waals surface area contributed by atoms with Crippen LogP contribution in [0.1, 0.15) is 30.1 Å². The summed E-state index contributed by atoms with van der Waals surface area (Å²) in [6.45, 7) is 1.82. The lowest BCUT2D eigenvalue weighted by Crippen LogP contribution is -2.39. The molecule has 19 heavy (non-hydrogen) atoms. The van der Waals surface area contributed by atoms with Crippen molar-refractivity contribution in [3.05, 3.63) is 23.8 Å². The third kappa shape index (κ3) is 2.58. The van der Waals surface area contributed by atoms with E-state index in [-0.39, 0.29) is 24.8 Å². The molecule has 0 fully saturated rings. The van der Waals surface area contributed by atoms with Gasteiger partial charge in [0, 0.05) is 12.0 Å². The smallest absolute Gasteiger partial charge is 0.265 e. The van der Waals surface area contributed by atoms with Crippen molar-refractivity contribution < 1.29 is 14.3 Å². The first-order valence-electron chi connectivity index (χ1n) is 6.14. The number of ketones is 1. The fourth-order valence-electron chi connectivity index (χ4n) is 1.99. The summed E-state index contributed by atoms with van der Waals surface area (Å²) < 4.78 is 5.30. The summed E-state index contributed by atoms with van der Waals surface area (Å²) in [7, 11) is 0. The maximum absolute atomic E-state index is 11.9. The Kier molecular flexibility index (Phi) is 3.81. The molecular formula is C14H14N2O3. The molecule has 98 valence electrons. The third-order valence-corrected chi connectivity index (χ3v) is 2.93. The van der Waals surface area contributed by atoms with Crippen LogP contribution in [-0.2, 0) is 4.79 Å². The zero-order chi connectivity index (χ0) is 13.8. The van der Waals surface area contributed by atoms with E-state index in [0.717, 1.165) is 6.42 Å². The van der Waals surface area contributed by atoms with Crippen molar-refractivity contribution in [2.24, 2.45) is 0 Å². The van der Waals surface area contributed by atoms with Gasteiger partial charge < -0.3 is 4.74 Å². The molecule has 1 aromatic carbocycles. The number of benzene rings is 1. The van der Waals surface area contributed by atoms with Gasteiger partial charge in [0.15, 0.2) is 12.4 Å². The fourth-order valence-corrected chi connectivity index (χ4v) is 1.99. The Bertz CT molecular complexity index is 560. The summed E-state index contributed by atoms with van der Waals surface area (Å²) in [6, 6.07) is 6.94. The van der Waals surface area contributed by atoms with Crippen molar-refractivity contribution in [1.29, 1.82) is 5.26 Å². The average molecular weight is 258 g/mol. The molecule has 0 N–H and O–H groups in total. The highest BCUT2D eigenvalue weighted by Crippen LogP contribution is 2.33. The fraction of sp³-hybridized carbons (Fsp3) is 0.357. The number of carbonyl (C=O) groups is 2. The molecule has 0 saturated heterocycles. The Hall–Kier alpha value is -2.35. The van der Waals surface area contributed by atoms with E-state index in [0.29, 0.717) is 23.4 Å². The van der Waals surface area contributed by atoms with Crippen LogP contribution in [0.15, 0.2) is 18.2 Å². The summed E-state index contributed by atoms with van der Waals surface area (Å²) in [5, 5.41) is 8.77. The van der Waals surface area contributed by atoms with Gasteiger partial charge in [0.1, 0.15) is 12.3 Å². The van der Waals surface area contributed by atoms with E-state index in [9.17, 15) is 9.59 Å². The van der Waals surface area contributed by atoms with Gasteiger partial charge in [0.25, 0.3) is 5.91 Å². The van der Waals surface area contributed by atoms with Crippen LogP contribution < -0.4 is 9.64 Å². The van der Waals surface area contributed by atoms with Crippen molar-refractivity contribution in [3.63, 3.8) is 0 Å². The lowest BCUT2D eigenvalue weighted by atomic mass is 10.0. The maximum Gasteiger partial charge on any atom is 0.265 e. The van der Waals surface area contributed by atoms with Crippen LogP contribution in [0, 0.1) is 11.3 Å². The van der Waals surface area contributed by atoms with Gasteiger partial charge >= 0.3 is 0 Å². The van der Waals surface area contributed by atoms with E-state index in [2.05, 4.69) is 0 Å². The highest BCUT2D eigenvalue weighted by molar-refractivity contribution is 6.02. The lowest BCUT2D eigenvalue weighted by Gasteiger charge is -2.27. The van der Waals surface area contributed by atoms with Gasteiger partial charge in [0.05, 0.1) is 11.8 Å². The van der Waals surface area contributed by atoms with Crippen LogP contribution >= 0.6 is 0 Å². The molecule has 0 saturated carbocycles. The summed E-state index contributed by atoms with van der Waals surface area (Å²) in [6.07, 6.45) is 1.24. The standard InChI is InChI=1S/C14H14N2O3/c1-2-3-12(17)10-4-5-13-11(8-10)16(7-6-15)14(18)9-19-13/h4-5,8H,2-3,7,9H2,1H3. The summed E-state index contributed by atoms with van der Waals surface area (Å²) in [5.74, 6) is 0.289. The predicted octanol–water partition coefficient (Wildman–Crippen LogP) is 1.92. The molecule has 0 aliphatic carbocycles. The Labute approximate surface area is 111 Å². The second-order valence-corrected chi connectivity index (χ2v) is 4.28. The number of hydrogen-bond acceptors (Lipinski definition) is 4. The van der Waals surface area contributed by atoms with E-state index < -0.39 is 0 Å². The van der Waals surface area contributed by atoms with E-state index in [1.54, 1.807) is 18.2 Å². The second kappa shape index (κ2) is 5.53. The quantitative estimate of drug-likeness (QED) is 0.611. The molecule has 5 nitrogen and oxygen atoms in total. The number of carbonyl (C=O) groups excluding carboxylic acids is 2. The Morgan fingerprint density at radius 1 is 1.53 bits per heavy atom. The van der Waals surface area contributed by atoms with Crippen molar-refractivity contribution >= 4 is 17.4 Å². The van der Waals surface area contributed by atoms with Gasteiger partial charge in [0.2, 0.25) is 0 Å². The first kappa shape index (κ1) is 13.1. The van der Waals surface area contributed by atoms with Crippen LogP contribution in [0.2, 0.25) is 0 Å². The van der Waals surface area contributed by atoms with Crippen molar-refractivity contribution in [2.75, 3.05) is 18.1 Å². The van der Waals surface area contributed by atoms with Crippen LogP contribution in [0.3, 0.4) is 0 Å². The minimum Gasteiger partial charge on any atom is -0.482 e. The van der Waals surface area contributed by atoms with Gasteiger partial charge in [-0.2, -0.15) is 5.26 Å². The molecule has 1 amide bonds. The molecule has 1 aliphatic heterocycles. The molecule has 1 aromatic rings. The number of Topliss-reactive ketones (excluding diaryl/α,β-unsaturated/α-hetero) is 1. The number of fused-ring (bicyclic) bond motifs is 1. The monoisotopic (exact) mass is 258 g/mol. The van der Waals surface area contributed by atoms with E-state index in [1.165, 1.54) is 4.90 Å². The lowest BCUT2D eigenvalue weighted by molar-refractivity contribution is -0.121. The molecule has 5 heteroatoms. The number of ether oxygens (including phenoxy) is 1. The highest BCUT2D eigenvalue weighted by atomic mass is 16.5. The van der Waals surface area contributed by atoms with Gasteiger partial charge in [-0.15, -0.1) is 0 Å². The summed E-state index contributed by atoms with van der Waals surface area (Å²) in [5.41, 5.74) is 1.04. The highest BCUT2D eigenvalue weighted by Gasteiger charge is 2.26. The molecule has 0 spiro atoms. The normalized spacial score (nSPS) is 13.5. The molecule has 1 heterocycles. The second-order valence-electron chi connectivity index (χ2n) is 4.28. The van der Waals surface area contributed by atoms with Crippen molar-refractivity contribution in [2.45, 2.75) is 19.8 Å². The minimum absolute atomic E-state index is 0.0280. The molecule has 0 atom stereocenters. The molecular weight excluding hydrogens is 244 g/mol. The zero-order valence-corrected chi connectivity index (χ0v) is 10.7. The number of rotatable bonds is 4. The van der Waals surface area contributed by atoms with Crippen molar-refractivity contribution in [1.82, 2.24) is 0 Å². The summed E-state index contributed by atoms with van der Waals surface area (Å²) in [4.78, 5) is 24.9. The molecule has 0 unspecified atom stereocenters. The number of nitrogens with zero attached hydrogens (tertiary/aromatic N) is 2. The zero-order valence-electron chi connectivity index (χ0n) is 10.7. The Morgan fingerprint density at radius 3 is 3.00 bits per heavy atom. The van der Waals surface area contributed by atoms with E-state index in [1.807, 2.05) is 13.0 Å². The van der Waals surface area contributed by atoms with Crippen LogP contribution in [0.25, 0.3) is 0 Å². The molecule has 0 aromatic heterocycles. The Balaban J connectivity index is 2.39. The van der Waals surface area contributed by atoms with Gasteiger partial charge in [-0.25, -0.2) is 0 Å². The number of amides is 1. The molecule has 0 radical (unpaired) electrons. The largest absolute Gasteiger partial charge is 0.482 e. The third-order valence-electron chi connectivity index (χ3n) is 2.93. The number of anilines is 1. The van der Waals surface area contributed by atoms with Crippen LogP contribution in [-0.4, -0.2) is 24.8 Å². The SMILES string of the molecule is CCCC(=O)c1ccc2c(c1)N(CC#N)C(=O)CO2. The first-order chi connectivity index (χ1) is 9.17. The number of nitriles is 1. The van der Waals surface area contributed by atoms with Gasteiger partial charge in [-0.3, -0.25) is 14.5 Å². The molecule has 1 aliphatic rings. The summed E-state index contributed by atoms with van der Waals surface area (Å²) >= 11 is 0.